The molecule has 9 aromatic rings. The first-order valence-electron chi connectivity index (χ1n) is 16.2. The predicted molar refractivity (Wildman–Crippen MR) is 201 cm³/mol. The van der Waals surface area contributed by atoms with Gasteiger partial charge >= 0.3 is 0 Å². The molecule has 0 aliphatic heterocycles. The molecule has 1 nitrogen and oxygen atoms in total. The predicted octanol–water partition coefficient (Wildman–Crippen LogP) is 12.7. The van der Waals surface area contributed by atoms with Crippen LogP contribution in [0.5, 0.6) is 0 Å². The zero-order chi connectivity index (χ0) is 31.3. The molecule has 0 saturated carbocycles. The van der Waals surface area contributed by atoms with Crippen molar-refractivity contribution in [3.05, 3.63) is 176 Å². The largest absolute Gasteiger partial charge is 0.256 e. The van der Waals surface area contributed by atoms with Crippen LogP contribution in [-0.2, 0) is 0 Å². The third-order valence-corrected chi connectivity index (χ3v) is 9.55. The Labute approximate surface area is 274 Å². The maximum absolute atomic E-state index is 4.86. The van der Waals surface area contributed by atoms with Crippen LogP contribution in [0, 0.1) is 6.92 Å². The maximum atomic E-state index is 4.86. The minimum Gasteiger partial charge on any atom is -0.256 e. The summed E-state index contributed by atoms with van der Waals surface area (Å²) in [5.41, 5.74) is 10.8. The highest BCUT2D eigenvalue weighted by Gasteiger charge is 2.19. The molecule has 0 bridgehead atoms. The molecule has 1 heterocycles. The fourth-order valence-corrected chi connectivity index (χ4v) is 7.38. The Morgan fingerprint density at radius 2 is 0.915 bits per heavy atom. The van der Waals surface area contributed by atoms with Gasteiger partial charge < -0.3 is 0 Å². The van der Waals surface area contributed by atoms with E-state index in [9.17, 15) is 0 Å². The van der Waals surface area contributed by atoms with Gasteiger partial charge in [-0.2, -0.15) is 0 Å². The van der Waals surface area contributed by atoms with E-state index in [1.54, 1.807) is 0 Å². The number of fused-ring (bicyclic) bond motifs is 4. The first kappa shape index (κ1) is 27.3. The molecule has 1 heteroatoms. The maximum Gasteiger partial charge on any atom is 0.0714 e. The summed E-state index contributed by atoms with van der Waals surface area (Å²) in [6.07, 6.45) is 1.92. The zero-order valence-electron chi connectivity index (χ0n) is 26.1. The molecule has 0 unspecified atom stereocenters. The summed E-state index contributed by atoms with van der Waals surface area (Å²) in [5, 5.41) is 9.99. The molecule has 0 aliphatic rings. The van der Waals surface area contributed by atoms with Gasteiger partial charge in [-0.05, 0) is 102 Å². The average molecular weight is 598 g/mol. The van der Waals surface area contributed by atoms with E-state index in [2.05, 4.69) is 171 Å². The van der Waals surface area contributed by atoms with Gasteiger partial charge in [0.15, 0.2) is 0 Å². The Bertz CT molecular complexity index is 2570. The van der Waals surface area contributed by atoms with E-state index < -0.39 is 0 Å². The lowest BCUT2D eigenvalue weighted by Gasteiger charge is -2.20. The molecule has 220 valence electrons. The first-order chi connectivity index (χ1) is 23.2. The Morgan fingerprint density at radius 3 is 1.62 bits per heavy atom. The van der Waals surface area contributed by atoms with Crippen LogP contribution in [0.25, 0.3) is 87.7 Å². The second kappa shape index (κ2) is 11.1. The number of hydrogen-bond donors (Lipinski definition) is 0. The van der Waals surface area contributed by atoms with Crippen LogP contribution < -0.4 is 0 Å². The molecule has 0 radical (unpaired) electrons. The number of hydrogen-bond acceptors (Lipinski definition) is 1. The number of pyridine rings is 1. The third kappa shape index (κ3) is 4.59. The summed E-state index contributed by atoms with van der Waals surface area (Å²) in [6.45, 7) is 2.15. The fourth-order valence-electron chi connectivity index (χ4n) is 7.38. The van der Waals surface area contributed by atoms with E-state index in [1.807, 2.05) is 6.20 Å². The van der Waals surface area contributed by atoms with Gasteiger partial charge in [0.25, 0.3) is 0 Å². The topological polar surface area (TPSA) is 12.9 Å². The Kier molecular flexibility index (Phi) is 6.43. The van der Waals surface area contributed by atoms with Crippen LogP contribution in [0.3, 0.4) is 0 Å². The van der Waals surface area contributed by atoms with Crippen LogP contribution in [0.4, 0.5) is 0 Å². The van der Waals surface area contributed by atoms with Gasteiger partial charge in [0, 0.05) is 11.8 Å². The van der Waals surface area contributed by atoms with Crippen molar-refractivity contribution in [3.8, 4) is 44.6 Å². The number of nitrogens with zero attached hydrogens (tertiary/aromatic N) is 1. The second-order valence-electron chi connectivity index (χ2n) is 12.4. The van der Waals surface area contributed by atoms with Gasteiger partial charge in [0.1, 0.15) is 0 Å². The van der Waals surface area contributed by atoms with E-state index >= 15 is 0 Å². The van der Waals surface area contributed by atoms with Crippen LogP contribution in [-0.4, -0.2) is 4.98 Å². The number of rotatable bonds is 4. The highest BCUT2D eigenvalue weighted by molar-refractivity contribution is 6.24. The quantitative estimate of drug-likeness (QED) is 0.184. The summed E-state index contributed by atoms with van der Waals surface area (Å²) in [7, 11) is 0. The monoisotopic (exact) mass is 597 g/mol. The fraction of sp³-hybridized carbons (Fsp3) is 0.0217. The SMILES string of the molecule is Cc1ccc2cc(-c3c4ccccc4c(-c4ccc(-c5cc(-c6ccccc6)ccn5)c5ccccc45)c4ccccc34)ccc2c1. The molecular weight excluding hydrogens is 567 g/mol. The van der Waals surface area contributed by atoms with Crippen molar-refractivity contribution in [2.24, 2.45) is 0 Å². The summed E-state index contributed by atoms with van der Waals surface area (Å²) in [5.74, 6) is 0. The molecule has 47 heavy (non-hydrogen) atoms. The molecule has 0 N–H and O–H groups in total. The van der Waals surface area contributed by atoms with E-state index in [0.717, 1.165) is 11.3 Å². The standard InChI is InChI=1S/C46H31N/c1-30-19-20-33-28-35(22-21-32(33)27-30)45-39-15-7-9-17-41(39)46(42-18-10-8-16-40(42)45)43-24-23-38(36-13-5-6-14-37(36)43)44-29-34(25-26-47-44)31-11-3-2-4-12-31/h2-29H,1H3. The molecular formula is C46H31N. The molecule has 0 atom stereocenters. The minimum atomic E-state index is 0.977. The van der Waals surface area contributed by atoms with Gasteiger partial charge in [-0.1, -0.05) is 151 Å². The first-order valence-corrected chi connectivity index (χ1v) is 16.2. The highest BCUT2D eigenvalue weighted by Crippen LogP contribution is 2.46. The minimum absolute atomic E-state index is 0.977. The Balaban J connectivity index is 1.30. The van der Waals surface area contributed by atoms with Crippen molar-refractivity contribution in [1.82, 2.24) is 4.98 Å². The lowest BCUT2D eigenvalue weighted by molar-refractivity contribution is 1.33. The van der Waals surface area contributed by atoms with Gasteiger partial charge in [-0.3, -0.25) is 4.98 Å². The molecule has 0 spiro atoms. The van der Waals surface area contributed by atoms with Gasteiger partial charge in [-0.25, -0.2) is 0 Å². The molecule has 0 fully saturated rings. The normalized spacial score (nSPS) is 11.5. The second-order valence-corrected chi connectivity index (χ2v) is 12.4. The van der Waals surface area contributed by atoms with Crippen molar-refractivity contribution in [2.75, 3.05) is 0 Å². The van der Waals surface area contributed by atoms with Gasteiger partial charge in [-0.15, -0.1) is 0 Å². The molecule has 0 aliphatic carbocycles. The van der Waals surface area contributed by atoms with Crippen LogP contribution in [0.1, 0.15) is 5.56 Å². The van der Waals surface area contributed by atoms with Crippen molar-refractivity contribution in [3.63, 3.8) is 0 Å². The smallest absolute Gasteiger partial charge is 0.0714 e. The average Bonchev–Trinajstić information content (AvgIpc) is 3.14. The molecule has 0 saturated heterocycles. The zero-order valence-corrected chi connectivity index (χ0v) is 26.1. The van der Waals surface area contributed by atoms with Crippen LogP contribution >= 0.6 is 0 Å². The summed E-state index contributed by atoms with van der Waals surface area (Å²) < 4.78 is 0. The number of benzene rings is 8. The van der Waals surface area contributed by atoms with E-state index in [0.29, 0.717) is 0 Å². The lowest BCUT2D eigenvalue weighted by atomic mass is 9.83. The van der Waals surface area contributed by atoms with Crippen molar-refractivity contribution < 1.29 is 0 Å². The number of aromatic nitrogens is 1. The van der Waals surface area contributed by atoms with E-state index in [-0.39, 0.29) is 0 Å². The summed E-state index contributed by atoms with van der Waals surface area (Å²) in [4.78, 5) is 4.86. The van der Waals surface area contributed by atoms with Crippen molar-refractivity contribution in [1.29, 1.82) is 0 Å². The Morgan fingerprint density at radius 1 is 0.362 bits per heavy atom. The molecule has 1 aromatic heterocycles. The number of aryl methyl sites for hydroxylation is 1. The lowest BCUT2D eigenvalue weighted by Crippen LogP contribution is -1.93. The summed E-state index contributed by atoms with van der Waals surface area (Å²) in [6, 6.07) is 59.6. The molecule has 8 aromatic carbocycles. The van der Waals surface area contributed by atoms with Crippen molar-refractivity contribution in [2.45, 2.75) is 6.92 Å². The highest BCUT2D eigenvalue weighted by atomic mass is 14.7. The third-order valence-electron chi connectivity index (χ3n) is 9.55. The van der Waals surface area contributed by atoms with Crippen molar-refractivity contribution >= 4 is 43.1 Å². The Hall–Kier alpha value is -6.05. The summed E-state index contributed by atoms with van der Waals surface area (Å²) >= 11 is 0. The van der Waals surface area contributed by atoms with E-state index in [1.165, 1.54) is 82.0 Å². The molecule has 0 amide bonds. The van der Waals surface area contributed by atoms with Crippen LogP contribution in [0.15, 0.2) is 170 Å². The molecule has 9 rings (SSSR count). The van der Waals surface area contributed by atoms with Gasteiger partial charge in [0.05, 0.1) is 5.69 Å². The van der Waals surface area contributed by atoms with Gasteiger partial charge in [0.2, 0.25) is 0 Å². The van der Waals surface area contributed by atoms with E-state index in [4.69, 9.17) is 4.98 Å². The van der Waals surface area contributed by atoms with Crippen LogP contribution in [0.2, 0.25) is 0 Å².